The van der Waals surface area contributed by atoms with E-state index >= 15 is 0 Å². The molecule has 0 bridgehead atoms. The van der Waals surface area contributed by atoms with Crippen molar-refractivity contribution in [3.63, 3.8) is 0 Å². The molecule has 0 aliphatic rings. The quantitative estimate of drug-likeness (QED) is 0.682. The first-order valence-electron chi connectivity index (χ1n) is 4.14. The number of rotatable bonds is 2. The van der Waals surface area contributed by atoms with Gasteiger partial charge in [-0.15, -0.1) is 0 Å². The maximum Gasteiger partial charge on any atom is 0.145 e. The Morgan fingerprint density at radius 3 is 2.50 bits per heavy atom. The maximum absolute atomic E-state index is 5.78. The van der Waals surface area contributed by atoms with Crippen molar-refractivity contribution in [3.05, 3.63) is 23.3 Å². The molecule has 0 unspecified atom stereocenters. The monoisotopic (exact) mass is 165 g/mol. The van der Waals surface area contributed by atoms with Crippen LogP contribution in [0.15, 0.2) is 12.1 Å². The van der Waals surface area contributed by atoms with Crippen LogP contribution in [-0.4, -0.2) is 6.61 Å². The van der Waals surface area contributed by atoms with Crippen LogP contribution in [0, 0.1) is 13.8 Å². The second kappa shape index (κ2) is 3.48. The fourth-order valence-electron chi connectivity index (χ4n) is 1.33. The van der Waals surface area contributed by atoms with Gasteiger partial charge in [0.15, 0.2) is 0 Å². The van der Waals surface area contributed by atoms with Crippen LogP contribution in [0.3, 0.4) is 0 Å². The number of benzene rings is 1. The molecule has 12 heavy (non-hydrogen) atoms. The predicted octanol–water partition coefficient (Wildman–Crippen LogP) is 2.28. The van der Waals surface area contributed by atoms with Crippen LogP contribution < -0.4 is 10.5 Å². The van der Waals surface area contributed by atoms with E-state index in [1.54, 1.807) is 0 Å². The standard InChI is InChI=1S/C10H15NO/c1-4-12-10-8(3)5-7(2)6-9(10)11/h5-6H,4,11H2,1-3H3. The minimum Gasteiger partial charge on any atom is -0.491 e. The zero-order valence-corrected chi connectivity index (χ0v) is 7.85. The number of ether oxygens (including phenoxy) is 1. The summed E-state index contributed by atoms with van der Waals surface area (Å²) in [7, 11) is 0. The fourth-order valence-corrected chi connectivity index (χ4v) is 1.33. The Hall–Kier alpha value is -1.18. The summed E-state index contributed by atoms with van der Waals surface area (Å²) in [4.78, 5) is 0. The largest absolute Gasteiger partial charge is 0.491 e. The zero-order chi connectivity index (χ0) is 9.14. The Balaban J connectivity index is 3.10. The lowest BCUT2D eigenvalue weighted by Gasteiger charge is -2.10. The molecule has 66 valence electrons. The Labute approximate surface area is 73.3 Å². The summed E-state index contributed by atoms with van der Waals surface area (Å²) in [5, 5.41) is 0. The molecule has 0 aromatic heterocycles. The number of nitrogens with two attached hydrogens (primary N) is 1. The lowest BCUT2D eigenvalue weighted by molar-refractivity contribution is 0.339. The molecule has 1 rings (SSSR count). The van der Waals surface area contributed by atoms with E-state index in [-0.39, 0.29) is 0 Å². The Bertz CT molecular complexity index is 258. The molecule has 2 N–H and O–H groups in total. The zero-order valence-electron chi connectivity index (χ0n) is 7.85. The number of anilines is 1. The van der Waals surface area contributed by atoms with Gasteiger partial charge in [0.2, 0.25) is 0 Å². The fraction of sp³-hybridized carbons (Fsp3) is 0.400. The summed E-state index contributed by atoms with van der Waals surface area (Å²) in [6.07, 6.45) is 0. The molecule has 2 nitrogen and oxygen atoms in total. The highest BCUT2D eigenvalue weighted by Gasteiger charge is 2.03. The summed E-state index contributed by atoms with van der Waals surface area (Å²) in [5.41, 5.74) is 8.79. The van der Waals surface area contributed by atoms with E-state index in [0.29, 0.717) is 6.61 Å². The molecule has 0 amide bonds. The summed E-state index contributed by atoms with van der Waals surface area (Å²) >= 11 is 0. The average Bonchev–Trinajstić information content (AvgIpc) is 1.96. The van der Waals surface area contributed by atoms with E-state index in [2.05, 4.69) is 6.07 Å². The molecule has 0 fully saturated rings. The summed E-state index contributed by atoms with van der Waals surface area (Å²) in [6, 6.07) is 4.00. The maximum atomic E-state index is 5.78. The van der Waals surface area contributed by atoms with Crippen molar-refractivity contribution in [2.75, 3.05) is 12.3 Å². The van der Waals surface area contributed by atoms with E-state index in [0.717, 1.165) is 17.0 Å². The molecule has 0 saturated heterocycles. The van der Waals surface area contributed by atoms with E-state index in [9.17, 15) is 0 Å². The van der Waals surface area contributed by atoms with Gasteiger partial charge in [0.1, 0.15) is 5.75 Å². The molecule has 0 spiro atoms. The lowest BCUT2D eigenvalue weighted by Crippen LogP contribution is -1.99. The van der Waals surface area contributed by atoms with E-state index in [4.69, 9.17) is 10.5 Å². The van der Waals surface area contributed by atoms with Crippen LogP contribution in [0.25, 0.3) is 0 Å². The molecule has 1 aromatic carbocycles. The predicted molar refractivity (Wildman–Crippen MR) is 51.5 cm³/mol. The van der Waals surface area contributed by atoms with Crippen molar-refractivity contribution >= 4 is 5.69 Å². The van der Waals surface area contributed by atoms with E-state index in [1.165, 1.54) is 5.56 Å². The molecule has 0 aliphatic heterocycles. The highest BCUT2D eigenvalue weighted by atomic mass is 16.5. The topological polar surface area (TPSA) is 35.2 Å². The van der Waals surface area contributed by atoms with Gasteiger partial charge in [-0.1, -0.05) is 6.07 Å². The second-order valence-corrected chi connectivity index (χ2v) is 2.93. The van der Waals surface area contributed by atoms with Gasteiger partial charge in [0.05, 0.1) is 12.3 Å². The molecule has 0 aliphatic carbocycles. The van der Waals surface area contributed by atoms with Crippen molar-refractivity contribution in [1.82, 2.24) is 0 Å². The first-order valence-corrected chi connectivity index (χ1v) is 4.14. The lowest BCUT2D eigenvalue weighted by atomic mass is 10.1. The molecular formula is C10H15NO. The smallest absolute Gasteiger partial charge is 0.145 e. The highest BCUT2D eigenvalue weighted by molar-refractivity contribution is 5.58. The van der Waals surface area contributed by atoms with Crippen molar-refractivity contribution in [3.8, 4) is 5.75 Å². The van der Waals surface area contributed by atoms with Gasteiger partial charge in [-0.05, 0) is 38.0 Å². The van der Waals surface area contributed by atoms with E-state index < -0.39 is 0 Å². The average molecular weight is 165 g/mol. The Kier molecular flexibility index (Phi) is 2.58. The van der Waals surface area contributed by atoms with Crippen LogP contribution in [-0.2, 0) is 0 Å². The molecule has 0 radical (unpaired) electrons. The van der Waals surface area contributed by atoms with Gasteiger partial charge in [-0.2, -0.15) is 0 Å². The molecule has 0 atom stereocenters. The van der Waals surface area contributed by atoms with Gasteiger partial charge in [-0.25, -0.2) is 0 Å². The minimum atomic E-state index is 0.661. The van der Waals surface area contributed by atoms with Gasteiger partial charge < -0.3 is 10.5 Å². The second-order valence-electron chi connectivity index (χ2n) is 2.93. The normalized spacial score (nSPS) is 9.92. The van der Waals surface area contributed by atoms with Crippen LogP contribution in [0.5, 0.6) is 5.75 Å². The number of aryl methyl sites for hydroxylation is 2. The summed E-state index contributed by atoms with van der Waals surface area (Å²) < 4.78 is 5.40. The molecule has 1 aromatic rings. The van der Waals surface area contributed by atoms with Gasteiger partial charge >= 0.3 is 0 Å². The summed E-state index contributed by atoms with van der Waals surface area (Å²) in [5.74, 6) is 0.822. The molecule has 0 saturated carbocycles. The van der Waals surface area contributed by atoms with Crippen LogP contribution in [0.2, 0.25) is 0 Å². The van der Waals surface area contributed by atoms with Crippen molar-refractivity contribution in [2.24, 2.45) is 0 Å². The van der Waals surface area contributed by atoms with Gasteiger partial charge in [0, 0.05) is 0 Å². The van der Waals surface area contributed by atoms with E-state index in [1.807, 2.05) is 26.8 Å². The van der Waals surface area contributed by atoms with Crippen molar-refractivity contribution in [2.45, 2.75) is 20.8 Å². The van der Waals surface area contributed by atoms with Gasteiger partial charge in [0.25, 0.3) is 0 Å². The Morgan fingerprint density at radius 2 is 2.00 bits per heavy atom. The first-order chi connectivity index (χ1) is 5.65. The van der Waals surface area contributed by atoms with Crippen LogP contribution in [0.4, 0.5) is 5.69 Å². The number of hydrogen-bond donors (Lipinski definition) is 1. The molecular weight excluding hydrogens is 150 g/mol. The Morgan fingerprint density at radius 1 is 1.33 bits per heavy atom. The van der Waals surface area contributed by atoms with Crippen molar-refractivity contribution in [1.29, 1.82) is 0 Å². The highest BCUT2D eigenvalue weighted by Crippen LogP contribution is 2.27. The molecule has 2 heteroatoms. The third-order valence-electron chi connectivity index (χ3n) is 1.74. The van der Waals surface area contributed by atoms with Gasteiger partial charge in [-0.3, -0.25) is 0 Å². The third-order valence-corrected chi connectivity index (χ3v) is 1.74. The van der Waals surface area contributed by atoms with Crippen LogP contribution in [0.1, 0.15) is 18.1 Å². The number of hydrogen-bond acceptors (Lipinski definition) is 2. The first kappa shape index (κ1) is 8.91. The molecule has 0 heterocycles. The minimum absolute atomic E-state index is 0.661. The SMILES string of the molecule is CCOc1c(C)cc(C)cc1N. The van der Waals surface area contributed by atoms with Crippen LogP contribution >= 0.6 is 0 Å². The third kappa shape index (κ3) is 1.70. The van der Waals surface area contributed by atoms with Crippen molar-refractivity contribution < 1.29 is 4.74 Å². The number of nitrogen functional groups attached to an aromatic ring is 1. The summed E-state index contributed by atoms with van der Waals surface area (Å²) in [6.45, 7) is 6.65.